The number of hydrogen-bond acceptors (Lipinski definition) is 4. The molecule has 4 aromatic rings. The molecule has 4 rings (SSSR count). The molecular formula is C22H15BrN2O3. The Bertz CT molecular complexity index is 1180. The summed E-state index contributed by atoms with van der Waals surface area (Å²) in [4.78, 5) is 16.6. The van der Waals surface area contributed by atoms with Crippen LogP contribution < -0.4 is 5.32 Å². The highest BCUT2D eigenvalue weighted by Gasteiger charge is 2.11. The van der Waals surface area contributed by atoms with Gasteiger partial charge in [-0.15, -0.1) is 0 Å². The van der Waals surface area contributed by atoms with Crippen LogP contribution in [0.25, 0.3) is 28.6 Å². The number of aromatic nitrogens is 1. The molecule has 0 fully saturated rings. The maximum atomic E-state index is 12.1. The van der Waals surface area contributed by atoms with Crippen molar-refractivity contribution in [3.05, 3.63) is 82.8 Å². The van der Waals surface area contributed by atoms with Gasteiger partial charge in [-0.3, -0.25) is 4.79 Å². The van der Waals surface area contributed by atoms with Gasteiger partial charge in [0.15, 0.2) is 5.58 Å². The zero-order valence-electron chi connectivity index (χ0n) is 14.6. The number of anilines is 1. The molecule has 0 aliphatic carbocycles. The number of phenols is 1. The van der Waals surface area contributed by atoms with E-state index in [1.165, 1.54) is 6.08 Å². The van der Waals surface area contributed by atoms with Gasteiger partial charge in [0.25, 0.3) is 0 Å². The molecule has 1 amide bonds. The fraction of sp³-hybridized carbons (Fsp3) is 0. The van der Waals surface area contributed by atoms with Crippen LogP contribution in [0.2, 0.25) is 0 Å². The summed E-state index contributed by atoms with van der Waals surface area (Å²) in [5.41, 5.74) is 3.55. The van der Waals surface area contributed by atoms with Crippen molar-refractivity contribution in [3.63, 3.8) is 0 Å². The predicted octanol–water partition coefficient (Wildman–Crippen LogP) is 5.61. The molecule has 0 aliphatic heterocycles. The summed E-state index contributed by atoms with van der Waals surface area (Å²) in [5.74, 6) is 0.353. The highest BCUT2D eigenvalue weighted by atomic mass is 79.9. The summed E-state index contributed by atoms with van der Waals surface area (Å²) in [6.07, 6.45) is 3.24. The Morgan fingerprint density at radius 2 is 1.89 bits per heavy atom. The molecule has 3 aromatic carbocycles. The van der Waals surface area contributed by atoms with E-state index < -0.39 is 0 Å². The van der Waals surface area contributed by atoms with E-state index in [1.807, 2.05) is 30.3 Å². The van der Waals surface area contributed by atoms with Gasteiger partial charge < -0.3 is 14.8 Å². The van der Waals surface area contributed by atoms with Crippen LogP contribution in [-0.2, 0) is 4.79 Å². The Labute approximate surface area is 169 Å². The van der Waals surface area contributed by atoms with Crippen molar-refractivity contribution in [3.8, 4) is 17.2 Å². The standard InChI is InChI=1S/C22H15BrN2O3/c23-17-12-15(7-9-19(17)26)22-25-18-13-16(8-10-20(18)28-22)24-21(27)11-6-14-4-2-1-3-5-14/h1-13,26H,(H,24,27). The second kappa shape index (κ2) is 7.70. The topological polar surface area (TPSA) is 75.4 Å². The molecule has 0 atom stereocenters. The van der Waals surface area contributed by atoms with E-state index in [4.69, 9.17) is 4.42 Å². The number of carbonyl (C=O) groups is 1. The van der Waals surface area contributed by atoms with Gasteiger partial charge >= 0.3 is 0 Å². The molecule has 2 N–H and O–H groups in total. The maximum absolute atomic E-state index is 12.1. The van der Waals surface area contributed by atoms with Crippen molar-refractivity contribution in [1.29, 1.82) is 0 Å². The zero-order valence-corrected chi connectivity index (χ0v) is 16.2. The first-order chi connectivity index (χ1) is 13.6. The van der Waals surface area contributed by atoms with Gasteiger partial charge in [0.1, 0.15) is 11.3 Å². The number of carbonyl (C=O) groups excluding carboxylic acids is 1. The molecule has 0 saturated heterocycles. The zero-order chi connectivity index (χ0) is 19.5. The van der Waals surface area contributed by atoms with Crippen LogP contribution in [0.3, 0.4) is 0 Å². The molecule has 5 nitrogen and oxygen atoms in total. The molecule has 28 heavy (non-hydrogen) atoms. The van der Waals surface area contributed by atoms with Crippen LogP contribution in [-0.4, -0.2) is 16.0 Å². The van der Waals surface area contributed by atoms with Gasteiger partial charge in [-0.25, -0.2) is 4.98 Å². The number of oxazole rings is 1. The monoisotopic (exact) mass is 434 g/mol. The Balaban J connectivity index is 1.53. The summed E-state index contributed by atoms with van der Waals surface area (Å²) in [6.45, 7) is 0. The first kappa shape index (κ1) is 18.0. The van der Waals surface area contributed by atoms with Crippen LogP contribution in [0, 0.1) is 0 Å². The number of hydrogen-bond donors (Lipinski definition) is 2. The first-order valence-corrected chi connectivity index (χ1v) is 9.31. The lowest BCUT2D eigenvalue weighted by Gasteiger charge is -2.01. The molecule has 0 unspecified atom stereocenters. The second-order valence-electron chi connectivity index (χ2n) is 6.10. The maximum Gasteiger partial charge on any atom is 0.248 e. The van der Waals surface area contributed by atoms with Crippen LogP contribution >= 0.6 is 15.9 Å². The minimum absolute atomic E-state index is 0.147. The van der Waals surface area contributed by atoms with Gasteiger partial charge in [0.05, 0.1) is 4.47 Å². The highest BCUT2D eigenvalue weighted by molar-refractivity contribution is 9.10. The molecule has 0 spiro atoms. The van der Waals surface area contributed by atoms with E-state index in [0.717, 1.165) is 11.1 Å². The van der Waals surface area contributed by atoms with E-state index in [1.54, 1.807) is 42.5 Å². The normalized spacial score (nSPS) is 11.2. The molecule has 0 bridgehead atoms. The van der Waals surface area contributed by atoms with Crippen LogP contribution in [0.4, 0.5) is 5.69 Å². The number of benzene rings is 3. The third-order valence-electron chi connectivity index (χ3n) is 4.08. The van der Waals surface area contributed by atoms with Gasteiger partial charge in [-0.1, -0.05) is 30.3 Å². The molecule has 6 heteroatoms. The average Bonchev–Trinajstić information content (AvgIpc) is 3.13. The molecule has 138 valence electrons. The third-order valence-corrected chi connectivity index (χ3v) is 4.71. The number of halogens is 1. The van der Waals surface area contributed by atoms with E-state index >= 15 is 0 Å². The number of nitrogens with zero attached hydrogens (tertiary/aromatic N) is 1. The molecule has 1 aromatic heterocycles. The van der Waals surface area contributed by atoms with Gasteiger partial charge in [0, 0.05) is 17.3 Å². The fourth-order valence-corrected chi connectivity index (χ4v) is 3.07. The van der Waals surface area contributed by atoms with Crippen molar-refractivity contribution in [2.24, 2.45) is 0 Å². The quantitative estimate of drug-likeness (QED) is 0.409. The van der Waals surface area contributed by atoms with Gasteiger partial charge in [-0.05, 0) is 64.0 Å². The summed E-state index contributed by atoms with van der Waals surface area (Å²) in [7, 11) is 0. The van der Waals surface area contributed by atoms with Crippen LogP contribution in [0.5, 0.6) is 5.75 Å². The first-order valence-electron chi connectivity index (χ1n) is 8.52. The van der Waals surface area contributed by atoms with E-state index in [-0.39, 0.29) is 11.7 Å². The molecule has 0 radical (unpaired) electrons. The number of fused-ring (bicyclic) bond motifs is 1. The Hall–Kier alpha value is -3.38. The van der Waals surface area contributed by atoms with Crippen molar-refractivity contribution in [2.45, 2.75) is 0 Å². The van der Waals surface area contributed by atoms with E-state index in [2.05, 4.69) is 26.2 Å². The minimum Gasteiger partial charge on any atom is -0.507 e. The Kier molecular flexibility index (Phi) is 4.95. The van der Waals surface area contributed by atoms with Gasteiger partial charge in [-0.2, -0.15) is 0 Å². The molecule has 0 saturated carbocycles. The summed E-state index contributed by atoms with van der Waals surface area (Å²) in [5, 5.41) is 12.4. The summed E-state index contributed by atoms with van der Waals surface area (Å²) >= 11 is 3.28. The number of nitrogens with one attached hydrogen (secondary N) is 1. The Morgan fingerprint density at radius 3 is 2.68 bits per heavy atom. The smallest absolute Gasteiger partial charge is 0.248 e. The van der Waals surface area contributed by atoms with Crippen molar-refractivity contribution >= 4 is 44.7 Å². The lowest BCUT2D eigenvalue weighted by molar-refractivity contribution is -0.111. The fourth-order valence-electron chi connectivity index (χ4n) is 2.69. The average molecular weight is 435 g/mol. The third kappa shape index (κ3) is 3.97. The van der Waals surface area contributed by atoms with Crippen LogP contribution in [0.15, 0.2) is 81.7 Å². The van der Waals surface area contributed by atoms with E-state index in [0.29, 0.717) is 27.2 Å². The van der Waals surface area contributed by atoms with E-state index in [9.17, 15) is 9.90 Å². The summed E-state index contributed by atoms with van der Waals surface area (Å²) < 4.78 is 6.33. The Morgan fingerprint density at radius 1 is 1.07 bits per heavy atom. The largest absolute Gasteiger partial charge is 0.507 e. The lowest BCUT2D eigenvalue weighted by atomic mass is 10.2. The number of aromatic hydroxyl groups is 1. The SMILES string of the molecule is O=C(C=Cc1ccccc1)Nc1ccc2oc(-c3ccc(O)c(Br)c3)nc2c1. The van der Waals surface area contributed by atoms with Crippen molar-refractivity contribution < 1.29 is 14.3 Å². The number of amides is 1. The number of rotatable bonds is 4. The minimum atomic E-state index is -0.227. The van der Waals surface area contributed by atoms with Crippen molar-refractivity contribution in [1.82, 2.24) is 4.98 Å². The molecule has 1 heterocycles. The second-order valence-corrected chi connectivity index (χ2v) is 6.96. The van der Waals surface area contributed by atoms with Crippen LogP contribution in [0.1, 0.15) is 5.56 Å². The lowest BCUT2D eigenvalue weighted by Crippen LogP contribution is -2.07. The highest BCUT2D eigenvalue weighted by Crippen LogP contribution is 2.31. The molecular weight excluding hydrogens is 420 g/mol. The van der Waals surface area contributed by atoms with Gasteiger partial charge in [0.2, 0.25) is 11.8 Å². The van der Waals surface area contributed by atoms with Crippen molar-refractivity contribution in [2.75, 3.05) is 5.32 Å². The predicted molar refractivity (Wildman–Crippen MR) is 113 cm³/mol. The number of phenolic OH excluding ortho intramolecular Hbond substituents is 1. The molecule has 0 aliphatic rings. The summed E-state index contributed by atoms with van der Waals surface area (Å²) in [6, 6.07) is 19.9.